The summed E-state index contributed by atoms with van der Waals surface area (Å²) in [5.41, 5.74) is 2.64. The normalized spacial score (nSPS) is 15.6. The molecule has 7 heteroatoms. The van der Waals surface area contributed by atoms with Gasteiger partial charge in [-0.25, -0.2) is 13.6 Å². The smallest absolute Gasteiger partial charge is 0.323 e. The molecule has 5 nitrogen and oxygen atoms in total. The van der Waals surface area contributed by atoms with Crippen LogP contribution in [-0.2, 0) is 6.54 Å². The highest BCUT2D eigenvalue weighted by molar-refractivity contribution is 5.88. The first-order valence-corrected chi connectivity index (χ1v) is 8.46. The molecule has 0 unspecified atom stereocenters. The molecule has 1 fully saturated rings. The minimum atomic E-state index is -2.47. The van der Waals surface area contributed by atoms with Crippen molar-refractivity contribution in [1.29, 1.82) is 0 Å². The fraction of sp³-hybridized carbons (Fsp3) is 0.444. The Labute approximate surface area is 145 Å². The molecule has 1 aliphatic heterocycles. The summed E-state index contributed by atoms with van der Waals surface area (Å²) in [6.45, 7) is 2.98. The molecule has 0 aliphatic carbocycles. The molecule has 0 saturated carbocycles. The van der Waals surface area contributed by atoms with Crippen molar-refractivity contribution in [3.63, 3.8) is 0 Å². The van der Waals surface area contributed by atoms with Crippen LogP contribution in [0.4, 0.5) is 19.4 Å². The average Bonchev–Trinajstić information content (AvgIpc) is 3.01. The van der Waals surface area contributed by atoms with Crippen LogP contribution in [0.15, 0.2) is 36.5 Å². The van der Waals surface area contributed by atoms with E-state index in [2.05, 4.69) is 35.5 Å². The summed E-state index contributed by atoms with van der Waals surface area (Å²) in [5, 5.41) is 6.62. The van der Waals surface area contributed by atoms with Crippen LogP contribution >= 0.6 is 0 Å². The minimum Gasteiger partial charge on any atom is -0.324 e. The van der Waals surface area contributed by atoms with Gasteiger partial charge in [0.25, 0.3) is 6.43 Å². The molecular formula is C18H22F2N4O. The Morgan fingerprint density at radius 1 is 1.28 bits per heavy atom. The quantitative estimate of drug-likeness (QED) is 0.912. The van der Waals surface area contributed by atoms with E-state index in [1.54, 1.807) is 4.90 Å². The van der Waals surface area contributed by atoms with Crippen LogP contribution in [0.1, 0.15) is 29.9 Å². The monoisotopic (exact) mass is 348 g/mol. The fourth-order valence-electron chi connectivity index (χ4n) is 3.30. The second kappa shape index (κ2) is 7.63. The van der Waals surface area contributed by atoms with Crippen LogP contribution in [0.5, 0.6) is 0 Å². The molecule has 1 aromatic carbocycles. The number of hydrogen-bond donors (Lipinski definition) is 1. The Kier molecular flexibility index (Phi) is 5.31. The first-order chi connectivity index (χ1) is 12.0. The summed E-state index contributed by atoms with van der Waals surface area (Å²) in [6.07, 6.45) is 0.798. The second-order valence-electron chi connectivity index (χ2n) is 6.36. The van der Waals surface area contributed by atoms with Crippen molar-refractivity contribution in [1.82, 2.24) is 14.7 Å². The lowest BCUT2D eigenvalue weighted by Gasteiger charge is -2.32. The Morgan fingerprint density at radius 3 is 2.68 bits per heavy atom. The molecule has 1 saturated heterocycles. The summed E-state index contributed by atoms with van der Waals surface area (Å²) in [5.74, 6) is 0.766. The molecule has 2 aromatic rings. The van der Waals surface area contributed by atoms with E-state index in [-0.39, 0.29) is 6.03 Å². The van der Waals surface area contributed by atoms with Gasteiger partial charge in [0, 0.05) is 25.4 Å². The maximum atomic E-state index is 12.3. The van der Waals surface area contributed by atoms with Gasteiger partial charge < -0.3 is 4.90 Å². The van der Waals surface area contributed by atoms with Crippen LogP contribution < -0.4 is 5.32 Å². The van der Waals surface area contributed by atoms with Gasteiger partial charge in [0.2, 0.25) is 0 Å². The first-order valence-electron chi connectivity index (χ1n) is 8.46. The zero-order valence-corrected chi connectivity index (χ0v) is 14.2. The van der Waals surface area contributed by atoms with Crippen LogP contribution in [0.2, 0.25) is 0 Å². The highest BCUT2D eigenvalue weighted by Crippen LogP contribution is 2.30. The van der Waals surface area contributed by atoms with Gasteiger partial charge in [0.1, 0.15) is 6.54 Å². The largest absolute Gasteiger partial charge is 0.324 e. The molecule has 3 rings (SSSR count). The summed E-state index contributed by atoms with van der Waals surface area (Å²) in [4.78, 5) is 14.1. The van der Waals surface area contributed by atoms with Gasteiger partial charge in [0.15, 0.2) is 5.82 Å². The third-order valence-electron chi connectivity index (χ3n) is 4.61. The summed E-state index contributed by atoms with van der Waals surface area (Å²) < 4.78 is 25.8. The van der Waals surface area contributed by atoms with Crippen LogP contribution in [0.3, 0.4) is 0 Å². The molecule has 2 heterocycles. The number of aryl methyl sites for hydroxylation is 1. The predicted octanol–water partition coefficient (Wildman–Crippen LogP) is 3.87. The number of likely N-dealkylation sites (tertiary alicyclic amines) is 1. The Hall–Kier alpha value is -2.44. The minimum absolute atomic E-state index is 0.231. The number of hydrogen-bond acceptors (Lipinski definition) is 2. The molecule has 25 heavy (non-hydrogen) atoms. The number of anilines is 1. The number of nitrogens with one attached hydrogen (secondary N) is 1. The van der Waals surface area contributed by atoms with E-state index in [1.807, 2.05) is 6.07 Å². The molecule has 0 spiro atoms. The van der Waals surface area contributed by atoms with Gasteiger partial charge in [-0.15, -0.1) is 0 Å². The van der Waals surface area contributed by atoms with Crippen molar-refractivity contribution in [2.75, 3.05) is 18.4 Å². The Morgan fingerprint density at radius 2 is 2.00 bits per heavy atom. The van der Waals surface area contributed by atoms with Crippen LogP contribution in [0, 0.1) is 6.92 Å². The van der Waals surface area contributed by atoms with Gasteiger partial charge in [0.05, 0.1) is 0 Å². The van der Waals surface area contributed by atoms with Crippen molar-refractivity contribution in [3.8, 4) is 0 Å². The highest BCUT2D eigenvalue weighted by atomic mass is 19.3. The number of alkyl halides is 2. The maximum Gasteiger partial charge on any atom is 0.323 e. The molecule has 1 aromatic heterocycles. The zero-order valence-electron chi connectivity index (χ0n) is 14.2. The van der Waals surface area contributed by atoms with E-state index in [4.69, 9.17) is 0 Å². The molecule has 1 aliphatic rings. The van der Waals surface area contributed by atoms with Crippen molar-refractivity contribution < 1.29 is 13.6 Å². The van der Waals surface area contributed by atoms with Gasteiger partial charge in [-0.1, -0.05) is 24.3 Å². The Balaban J connectivity index is 1.53. The molecule has 0 atom stereocenters. The topological polar surface area (TPSA) is 50.2 Å². The van der Waals surface area contributed by atoms with Gasteiger partial charge in [-0.3, -0.25) is 10.00 Å². The molecular weight excluding hydrogens is 326 g/mol. The number of aromatic nitrogens is 2. The molecule has 134 valence electrons. The van der Waals surface area contributed by atoms with E-state index in [9.17, 15) is 13.6 Å². The van der Waals surface area contributed by atoms with E-state index in [0.717, 1.165) is 17.5 Å². The lowest BCUT2D eigenvalue weighted by Crippen LogP contribution is -2.40. The van der Waals surface area contributed by atoms with Gasteiger partial charge in [-0.05, 0) is 36.8 Å². The average molecular weight is 348 g/mol. The third-order valence-corrected chi connectivity index (χ3v) is 4.61. The molecule has 2 amide bonds. The maximum absolute atomic E-state index is 12.3. The van der Waals surface area contributed by atoms with Crippen molar-refractivity contribution in [3.05, 3.63) is 47.7 Å². The van der Waals surface area contributed by atoms with Gasteiger partial charge >= 0.3 is 6.03 Å². The summed E-state index contributed by atoms with van der Waals surface area (Å²) >= 11 is 0. The van der Waals surface area contributed by atoms with E-state index in [0.29, 0.717) is 24.8 Å². The lowest BCUT2D eigenvalue weighted by atomic mass is 9.87. The van der Waals surface area contributed by atoms with Crippen LogP contribution in [0.25, 0.3) is 0 Å². The number of benzene rings is 1. The molecule has 1 N–H and O–H groups in total. The summed E-state index contributed by atoms with van der Waals surface area (Å²) in [6, 6.07) is 9.66. The first kappa shape index (κ1) is 17.4. The number of carbonyl (C=O) groups is 1. The van der Waals surface area contributed by atoms with E-state index >= 15 is 0 Å². The number of rotatable bonds is 4. The summed E-state index contributed by atoms with van der Waals surface area (Å²) in [7, 11) is 0. The second-order valence-corrected chi connectivity index (χ2v) is 6.36. The SMILES string of the molecule is Cc1ccccc1C1CCN(C(=O)Nc2ccn(CC(F)F)n2)CC1. The number of piperidine rings is 1. The standard InChI is InChI=1S/C18H22F2N4O/c1-13-4-2-3-5-15(13)14-6-9-23(10-7-14)18(25)21-17-8-11-24(22-17)12-16(19)20/h2-5,8,11,14,16H,6-7,9-10,12H2,1H3,(H,21,22,25). The fourth-order valence-corrected chi connectivity index (χ4v) is 3.30. The number of nitrogens with zero attached hydrogens (tertiary/aromatic N) is 3. The van der Waals surface area contributed by atoms with E-state index in [1.165, 1.54) is 23.4 Å². The predicted molar refractivity (Wildman–Crippen MR) is 92.0 cm³/mol. The van der Waals surface area contributed by atoms with Gasteiger partial charge in [-0.2, -0.15) is 5.10 Å². The van der Waals surface area contributed by atoms with Crippen molar-refractivity contribution in [2.45, 2.75) is 38.7 Å². The number of carbonyl (C=O) groups excluding carboxylic acids is 1. The number of halogens is 2. The lowest BCUT2D eigenvalue weighted by molar-refractivity contribution is 0.122. The third kappa shape index (κ3) is 4.35. The number of urea groups is 1. The highest BCUT2D eigenvalue weighted by Gasteiger charge is 2.25. The van der Waals surface area contributed by atoms with Crippen LogP contribution in [-0.4, -0.2) is 40.2 Å². The van der Waals surface area contributed by atoms with E-state index < -0.39 is 13.0 Å². The molecule has 0 radical (unpaired) electrons. The Bertz CT molecular complexity index is 723. The van der Waals surface area contributed by atoms with Crippen molar-refractivity contribution in [2.24, 2.45) is 0 Å². The van der Waals surface area contributed by atoms with Crippen molar-refractivity contribution >= 4 is 11.8 Å². The zero-order chi connectivity index (χ0) is 17.8. The number of amides is 2. The molecule has 0 bridgehead atoms.